The molecule has 0 saturated heterocycles. The largest absolute Gasteiger partial charge is 0.292 e. The van der Waals surface area contributed by atoms with Crippen LogP contribution >= 0.6 is 16.7 Å². The molecule has 0 aliphatic rings. The first-order chi connectivity index (χ1) is 31.6. The van der Waals surface area contributed by atoms with Gasteiger partial charge in [-0.05, 0) is 101 Å². The van der Waals surface area contributed by atoms with E-state index in [0.29, 0.717) is 0 Å². The van der Waals surface area contributed by atoms with Crippen molar-refractivity contribution in [1.82, 2.24) is 26.0 Å². The molecule has 0 spiro atoms. The number of unbranched alkanes of at least 4 members (excludes halogenated alkanes) is 2. The van der Waals surface area contributed by atoms with E-state index in [9.17, 15) is 0 Å². The second-order valence-electron chi connectivity index (χ2n) is 15.3. The number of terminal acetylenes is 1. The second-order valence-corrected chi connectivity index (χ2v) is 18.9. The summed E-state index contributed by atoms with van der Waals surface area (Å²) in [7, 11) is -2.53. The fourth-order valence-electron chi connectivity index (χ4n) is 8.59. The average Bonchev–Trinajstić information content (AvgIpc) is 4.23. The number of para-hydroxylation sites is 5. The van der Waals surface area contributed by atoms with Gasteiger partial charge < -0.3 is 0 Å². The summed E-state index contributed by atoms with van der Waals surface area (Å²) in [4.78, 5) is 0. The van der Waals surface area contributed by atoms with Crippen LogP contribution in [-0.4, -0.2) is 26.0 Å². The maximum absolute atomic E-state index is 4.31. The van der Waals surface area contributed by atoms with Crippen LogP contribution in [0, 0.1) is 19.8 Å². The molecular formula is C56H56N6P2. The molecule has 1 atom stereocenters. The predicted molar refractivity (Wildman–Crippen MR) is 281 cm³/mol. The summed E-state index contributed by atoms with van der Waals surface area (Å²) in [5.41, 5.74) is 10.6. The molecule has 1 unspecified atom stereocenters. The van der Waals surface area contributed by atoms with Gasteiger partial charge in [0.05, 0.1) is 39.0 Å². The van der Waals surface area contributed by atoms with Gasteiger partial charge in [-0.2, -0.15) is 0 Å². The van der Waals surface area contributed by atoms with E-state index in [-0.39, 0.29) is 0 Å². The molecule has 0 aliphatic heterocycles. The Labute approximate surface area is 380 Å². The van der Waals surface area contributed by atoms with E-state index in [0.717, 1.165) is 17.1 Å². The minimum Gasteiger partial charge on any atom is -0.292 e. The molecule has 11 rings (SSSR count). The van der Waals surface area contributed by atoms with Gasteiger partial charge in [0.25, 0.3) is 0 Å². The first-order valence-electron chi connectivity index (χ1n) is 22.2. The standard InChI is InChI=1S/C47H36N6P2.C5H12.C2H6.C2H2/c1-3-40-34(2)24-28-48(40)54(49-29-25-35-14-4-9-19-41(35)49)52-44-22-12-7-17-38(44)32-46(52)47-33-39-18-8-13-23-45(39)53(47)55(50-30-26-36-15-5-10-20-42(36)50)51-31-27-37-16-6-11-21-43(37)51;1-3-5-4-2;2*1-2/h3-33H,1H2,2H3;3-5H2,1-2H3;1-2H3;1-2H. The van der Waals surface area contributed by atoms with Gasteiger partial charge in [-0.3, -0.25) is 26.0 Å². The van der Waals surface area contributed by atoms with Crippen LogP contribution in [0.2, 0.25) is 0 Å². The molecule has 5 aromatic carbocycles. The average molecular weight is 875 g/mol. The van der Waals surface area contributed by atoms with Crippen LogP contribution in [0.3, 0.4) is 0 Å². The highest BCUT2D eigenvalue weighted by Crippen LogP contribution is 2.55. The highest BCUT2D eigenvalue weighted by Gasteiger charge is 2.31. The number of rotatable bonds is 10. The van der Waals surface area contributed by atoms with Crippen LogP contribution in [0.4, 0.5) is 0 Å². The fourth-order valence-corrected chi connectivity index (χ4v) is 13.5. The Morgan fingerprint density at radius 1 is 0.453 bits per heavy atom. The molecule has 8 heteroatoms. The lowest BCUT2D eigenvalue weighted by Gasteiger charge is -2.29. The Hall–Kier alpha value is -6.76. The summed E-state index contributed by atoms with van der Waals surface area (Å²) in [5, 5.41) is 6.07. The molecule has 0 N–H and O–H groups in total. The van der Waals surface area contributed by atoms with E-state index in [1.54, 1.807) is 0 Å². The monoisotopic (exact) mass is 874 g/mol. The van der Waals surface area contributed by atoms with Crippen molar-refractivity contribution in [3.05, 3.63) is 200 Å². The zero-order valence-corrected chi connectivity index (χ0v) is 39.2. The third-order valence-electron chi connectivity index (χ3n) is 11.5. The smallest absolute Gasteiger partial charge is 0.221 e. The summed E-state index contributed by atoms with van der Waals surface area (Å²) in [6.07, 6.45) is 23.1. The number of aromatic nitrogens is 6. The highest BCUT2D eigenvalue weighted by molar-refractivity contribution is 7.54. The lowest BCUT2D eigenvalue weighted by Crippen LogP contribution is -2.12. The molecule has 6 aromatic heterocycles. The minimum absolute atomic E-state index is 1.12. The number of benzene rings is 5. The normalized spacial score (nSPS) is 11.6. The fraction of sp³-hybridized carbons (Fsp3) is 0.143. The van der Waals surface area contributed by atoms with E-state index in [2.05, 4.69) is 249 Å². The SMILES string of the molecule is C#C.C=Cc1c(C)ccn1P(n1ccc2ccccc21)n1c(-c2cc3ccccc3n2P(n2ccc3ccccc32)n2ccc3ccccc32)cc2ccccc21.CC.CCCCC. The van der Waals surface area contributed by atoms with Crippen LogP contribution in [0.1, 0.15) is 58.2 Å². The third-order valence-corrected chi connectivity index (χ3v) is 16.0. The Bertz CT molecular complexity index is 3270. The van der Waals surface area contributed by atoms with Gasteiger partial charge in [-0.15, -0.1) is 12.8 Å². The van der Waals surface area contributed by atoms with E-state index >= 15 is 0 Å². The molecule has 6 heterocycles. The predicted octanol–water partition coefficient (Wildman–Crippen LogP) is 16.7. The third kappa shape index (κ3) is 7.81. The summed E-state index contributed by atoms with van der Waals surface area (Å²) < 4.78 is 15.1. The van der Waals surface area contributed by atoms with Gasteiger partial charge in [-0.25, -0.2) is 0 Å². The molecule has 0 saturated carbocycles. The summed E-state index contributed by atoms with van der Waals surface area (Å²) in [6.45, 7) is 14.9. The molecule has 320 valence electrons. The lowest BCUT2D eigenvalue weighted by atomic mass is 10.2. The molecule has 6 nitrogen and oxygen atoms in total. The first-order valence-corrected chi connectivity index (χ1v) is 24.6. The summed E-state index contributed by atoms with van der Waals surface area (Å²) >= 11 is 0. The van der Waals surface area contributed by atoms with Gasteiger partial charge in [0, 0.05) is 41.3 Å². The van der Waals surface area contributed by atoms with Crippen molar-refractivity contribution in [3.63, 3.8) is 0 Å². The van der Waals surface area contributed by atoms with E-state index in [4.69, 9.17) is 0 Å². The topological polar surface area (TPSA) is 29.6 Å². The molecule has 0 radical (unpaired) electrons. The minimum atomic E-state index is -1.27. The van der Waals surface area contributed by atoms with Crippen molar-refractivity contribution in [2.24, 2.45) is 0 Å². The number of aryl methyl sites for hydroxylation is 1. The maximum atomic E-state index is 4.31. The van der Waals surface area contributed by atoms with Gasteiger partial charge >= 0.3 is 0 Å². The molecule has 0 bridgehead atoms. The first kappa shape index (κ1) is 43.9. The zero-order chi connectivity index (χ0) is 44.7. The van der Waals surface area contributed by atoms with Crippen LogP contribution in [0.15, 0.2) is 189 Å². The Morgan fingerprint density at radius 2 is 0.781 bits per heavy atom. The Balaban J connectivity index is 0.000000578. The number of nitrogens with zero attached hydrogens (tertiary/aromatic N) is 6. The zero-order valence-electron chi connectivity index (χ0n) is 37.5. The second kappa shape index (κ2) is 19.7. The van der Waals surface area contributed by atoms with Crippen LogP contribution in [0.25, 0.3) is 72.0 Å². The van der Waals surface area contributed by atoms with Gasteiger partial charge in [-0.1, -0.05) is 145 Å². The summed E-state index contributed by atoms with van der Waals surface area (Å²) in [6, 6.07) is 57.7. The highest BCUT2D eigenvalue weighted by atomic mass is 31.2. The van der Waals surface area contributed by atoms with Crippen molar-refractivity contribution in [1.29, 1.82) is 0 Å². The van der Waals surface area contributed by atoms with Crippen molar-refractivity contribution >= 4 is 77.3 Å². The van der Waals surface area contributed by atoms with Crippen LogP contribution in [-0.2, 0) is 0 Å². The van der Waals surface area contributed by atoms with Crippen LogP contribution < -0.4 is 0 Å². The van der Waals surface area contributed by atoms with Gasteiger partial charge in [0.2, 0.25) is 16.7 Å². The number of hydrogen-bond donors (Lipinski definition) is 0. The molecule has 0 fully saturated rings. The molecule has 11 aromatic rings. The van der Waals surface area contributed by atoms with E-state index < -0.39 is 16.7 Å². The molecular weight excluding hydrogens is 819 g/mol. The van der Waals surface area contributed by atoms with Crippen LogP contribution in [0.5, 0.6) is 0 Å². The Kier molecular flexibility index (Phi) is 13.5. The Morgan fingerprint density at radius 3 is 1.14 bits per heavy atom. The van der Waals surface area contributed by atoms with Crippen molar-refractivity contribution in [2.75, 3.05) is 0 Å². The number of fused-ring (bicyclic) bond motifs is 5. The molecule has 64 heavy (non-hydrogen) atoms. The quantitative estimate of drug-likeness (QED) is 0.0968. The number of hydrogen-bond acceptors (Lipinski definition) is 0. The van der Waals surface area contributed by atoms with Gasteiger partial charge in [0.15, 0.2) is 0 Å². The molecule has 0 aliphatic carbocycles. The summed E-state index contributed by atoms with van der Waals surface area (Å²) in [5.74, 6) is 0. The van der Waals surface area contributed by atoms with E-state index in [1.807, 2.05) is 19.9 Å². The van der Waals surface area contributed by atoms with Crippen molar-refractivity contribution in [2.45, 2.75) is 53.9 Å². The maximum Gasteiger partial charge on any atom is 0.221 e. The lowest BCUT2D eigenvalue weighted by molar-refractivity contribution is 0.772. The van der Waals surface area contributed by atoms with Crippen molar-refractivity contribution < 1.29 is 0 Å². The van der Waals surface area contributed by atoms with Crippen molar-refractivity contribution in [3.8, 4) is 24.2 Å². The molecule has 0 amide bonds. The van der Waals surface area contributed by atoms with E-state index in [1.165, 1.54) is 79.3 Å². The van der Waals surface area contributed by atoms with Gasteiger partial charge in [0.1, 0.15) is 0 Å².